The summed E-state index contributed by atoms with van der Waals surface area (Å²) in [5.74, 6) is -0.419. The van der Waals surface area contributed by atoms with Gasteiger partial charge in [0.25, 0.3) is 0 Å². The van der Waals surface area contributed by atoms with E-state index in [1.54, 1.807) is 12.1 Å². The zero-order valence-electron chi connectivity index (χ0n) is 9.11. The first-order valence-electron chi connectivity index (χ1n) is 4.90. The second kappa shape index (κ2) is 4.57. The van der Waals surface area contributed by atoms with Gasteiger partial charge in [-0.25, -0.2) is 0 Å². The van der Waals surface area contributed by atoms with Crippen LogP contribution in [0.4, 0.5) is 13.2 Å². The predicted octanol–water partition coefficient (Wildman–Crippen LogP) is 3.72. The third-order valence-electron chi connectivity index (χ3n) is 2.31. The third kappa shape index (κ3) is 2.62. The molecule has 0 aliphatic heterocycles. The highest BCUT2D eigenvalue weighted by Crippen LogP contribution is 2.34. The van der Waals surface area contributed by atoms with Gasteiger partial charge >= 0.3 is 15.6 Å². The van der Waals surface area contributed by atoms with Crippen molar-refractivity contribution in [2.45, 2.75) is 5.51 Å². The SMILES string of the molecule is O=S(=O)(Oc1ccc(Cl)c2ccccc12)C(F)(F)F. The van der Waals surface area contributed by atoms with Crippen LogP contribution in [0.25, 0.3) is 10.8 Å². The second-order valence-corrected chi connectivity index (χ2v) is 5.52. The fourth-order valence-electron chi connectivity index (χ4n) is 1.47. The van der Waals surface area contributed by atoms with Gasteiger partial charge in [-0.2, -0.15) is 21.6 Å². The molecule has 0 spiro atoms. The van der Waals surface area contributed by atoms with Gasteiger partial charge in [-0.15, -0.1) is 0 Å². The van der Waals surface area contributed by atoms with E-state index in [1.807, 2.05) is 0 Å². The maximum atomic E-state index is 12.3. The molecule has 0 saturated carbocycles. The van der Waals surface area contributed by atoms with E-state index in [0.29, 0.717) is 5.39 Å². The molecule has 8 heteroatoms. The molecule has 0 fully saturated rings. The first kappa shape index (κ1) is 14.0. The van der Waals surface area contributed by atoms with E-state index in [0.717, 1.165) is 6.07 Å². The van der Waals surface area contributed by atoms with E-state index < -0.39 is 21.4 Å². The predicted molar refractivity (Wildman–Crippen MR) is 64.6 cm³/mol. The Balaban J connectivity index is 2.57. The van der Waals surface area contributed by atoms with Gasteiger partial charge in [-0.05, 0) is 12.1 Å². The van der Waals surface area contributed by atoms with Crippen LogP contribution in [0, 0.1) is 0 Å². The number of alkyl halides is 3. The molecule has 0 aliphatic carbocycles. The van der Waals surface area contributed by atoms with Crippen molar-refractivity contribution in [2.75, 3.05) is 0 Å². The number of fused-ring (bicyclic) bond motifs is 1. The maximum absolute atomic E-state index is 12.3. The van der Waals surface area contributed by atoms with Crippen LogP contribution in [-0.2, 0) is 10.1 Å². The van der Waals surface area contributed by atoms with Gasteiger partial charge in [-0.3, -0.25) is 0 Å². The van der Waals surface area contributed by atoms with Crippen molar-refractivity contribution >= 4 is 32.5 Å². The molecule has 3 nitrogen and oxygen atoms in total. The van der Waals surface area contributed by atoms with Gasteiger partial charge in [0.15, 0.2) is 5.75 Å². The summed E-state index contributed by atoms with van der Waals surface area (Å²) in [4.78, 5) is 0. The molecular formula is C11H6ClF3O3S. The van der Waals surface area contributed by atoms with Crippen LogP contribution in [0.15, 0.2) is 36.4 Å². The number of halogens is 4. The number of benzene rings is 2. The Labute approximate surface area is 111 Å². The van der Waals surface area contributed by atoms with Crippen LogP contribution in [0.3, 0.4) is 0 Å². The average molecular weight is 311 g/mol. The Kier molecular flexibility index (Phi) is 3.36. The highest BCUT2D eigenvalue weighted by atomic mass is 35.5. The van der Waals surface area contributed by atoms with Crippen molar-refractivity contribution in [2.24, 2.45) is 0 Å². The van der Waals surface area contributed by atoms with Gasteiger partial charge in [0.05, 0.1) is 0 Å². The lowest BCUT2D eigenvalue weighted by Crippen LogP contribution is -2.28. The standard InChI is InChI=1S/C11H6ClF3O3S/c12-9-5-6-10(8-4-2-1-3-7(8)9)18-19(16,17)11(13,14)15/h1-6H. The summed E-state index contributed by atoms with van der Waals surface area (Å²) in [5, 5.41) is 0.870. The summed E-state index contributed by atoms with van der Waals surface area (Å²) in [6.07, 6.45) is 0. The van der Waals surface area contributed by atoms with Crippen molar-refractivity contribution < 1.29 is 25.8 Å². The molecular weight excluding hydrogens is 305 g/mol. The molecule has 0 bridgehead atoms. The Hall–Kier alpha value is -1.47. The average Bonchev–Trinajstić information content (AvgIpc) is 2.32. The Bertz CT molecular complexity index is 726. The lowest BCUT2D eigenvalue weighted by atomic mass is 10.1. The van der Waals surface area contributed by atoms with Crippen LogP contribution >= 0.6 is 11.6 Å². The summed E-state index contributed by atoms with van der Waals surface area (Å²) < 4.78 is 62.8. The Morgan fingerprint density at radius 3 is 2.16 bits per heavy atom. The molecule has 0 saturated heterocycles. The first-order chi connectivity index (χ1) is 8.72. The van der Waals surface area contributed by atoms with Gasteiger partial charge < -0.3 is 4.18 Å². The highest BCUT2D eigenvalue weighted by molar-refractivity contribution is 7.88. The van der Waals surface area contributed by atoms with Crippen LogP contribution in [0.1, 0.15) is 0 Å². The summed E-state index contributed by atoms with van der Waals surface area (Å²) in [6.45, 7) is 0. The van der Waals surface area contributed by atoms with Gasteiger partial charge in [0.2, 0.25) is 0 Å². The van der Waals surface area contributed by atoms with E-state index in [1.165, 1.54) is 18.2 Å². The molecule has 0 heterocycles. The minimum Gasteiger partial charge on any atom is -0.375 e. The molecule has 0 aliphatic rings. The zero-order chi connectivity index (χ0) is 14.3. The fourth-order valence-corrected chi connectivity index (χ4v) is 2.18. The molecule has 2 aromatic carbocycles. The quantitative estimate of drug-likeness (QED) is 0.627. The molecule has 0 unspecified atom stereocenters. The van der Waals surface area contributed by atoms with Crippen molar-refractivity contribution in [3.05, 3.63) is 41.4 Å². The van der Waals surface area contributed by atoms with Gasteiger partial charge in [-0.1, -0.05) is 35.9 Å². The maximum Gasteiger partial charge on any atom is 0.534 e. The molecule has 2 aromatic rings. The Morgan fingerprint density at radius 1 is 1.00 bits per heavy atom. The van der Waals surface area contributed by atoms with Crippen molar-refractivity contribution in [1.82, 2.24) is 0 Å². The summed E-state index contributed by atoms with van der Waals surface area (Å²) in [7, 11) is -5.70. The summed E-state index contributed by atoms with van der Waals surface area (Å²) in [5.41, 5.74) is -5.48. The molecule has 102 valence electrons. The van der Waals surface area contributed by atoms with E-state index >= 15 is 0 Å². The van der Waals surface area contributed by atoms with Crippen LogP contribution in [0.5, 0.6) is 5.75 Å². The monoisotopic (exact) mass is 310 g/mol. The van der Waals surface area contributed by atoms with Gasteiger partial charge in [0, 0.05) is 15.8 Å². The zero-order valence-corrected chi connectivity index (χ0v) is 10.7. The summed E-state index contributed by atoms with van der Waals surface area (Å²) >= 11 is 5.86. The summed E-state index contributed by atoms with van der Waals surface area (Å²) in [6, 6.07) is 8.47. The van der Waals surface area contributed by atoms with Crippen molar-refractivity contribution in [3.8, 4) is 5.75 Å². The minimum absolute atomic E-state index is 0.183. The van der Waals surface area contributed by atoms with E-state index in [2.05, 4.69) is 4.18 Å². The molecule has 19 heavy (non-hydrogen) atoms. The molecule has 0 N–H and O–H groups in total. The van der Waals surface area contributed by atoms with Crippen LogP contribution in [0.2, 0.25) is 5.02 Å². The molecule has 0 radical (unpaired) electrons. The molecule has 0 atom stereocenters. The normalized spacial score (nSPS) is 12.6. The van der Waals surface area contributed by atoms with Crippen molar-refractivity contribution in [1.29, 1.82) is 0 Å². The number of hydrogen-bond acceptors (Lipinski definition) is 3. The lowest BCUT2D eigenvalue weighted by molar-refractivity contribution is -0.0499. The second-order valence-electron chi connectivity index (χ2n) is 3.57. The molecule has 0 amide bonds. The van der Waals surface area contributed by atoms with Gasteiger partial charge in [0.1, 0.15) is 0 Å². The van der Waals surface area contributed by atoms with Crippen molar-refractivity contribution in [3.63, 3.8) is 0 Å². The smallest absolute Gasteiger partial charge is 0.375 e. The minimum atomic E-state index is -5.70. The molecule has 2 rings (SSSR count). The molecule has 0 aromatic heterocycles. The largest absolute Gasteiger partial charge is 0.534 e. The number of rotatable bonds is 2. The number of hydrogen-bond donors (Lipinski definition) is 0. The third-order valence-corrected chi connectivity index (χ3v) is 3.61. The Morgan fingerprint density at radius 2 is 1.58 bits per heavy atom. The van der Waals surface area contributed by atoms with E-state index in [-0.39, 0.29) is 10.4 Å². The fraction of sp³-hybridized carbons (Fsp3) is 0.0909. The van der Waals surface area contributed by atoms with Crippen LogP contribution in [-0.4, -0.2) is 13.9 Å². The first-order valence-corrected chi connectivity index (χ1v) is 6.69. The highest BCUT2D eigenvalue weighted by Gasteiger charge is 2.48. The lowest BCUT2D eigenvalue weighted by Gasteiger charge is -2.11. The van der Waals surface area contributed by atoms with E-state index in [9.17, 15) is 21.6 Å². The van der Waals surface area contributed by atoms with Crippen LogP contribution < -0.4 is 4.18 Å². The topological polar surface area (TPSA) is 43.4 Å². The van der Waals surface area contributed by atoms with E-state index in [4.69, 9.17) is 11.6 Å².